The van der Waals surface area contributed by atoms with Gasteiger partial charge in [-0.2, -0.15) is 5.26 Å². The molecule has 1 atom stereocenters. The Labute approximate surface area is 135 Å². The highest BCUT2D eigenvalue weighted by Gasteiger charge is 2.44. The number of piperidine rings is 1. The van der Waals surface area contributed by atoms with Gasteiger partial charge in [0, 0.05) is 37.1 Å². The lowest BCUT2D eigenvalue weighted by Crippen LogP contribution is -2.46. The minimum Gasteiger partial charge on any atom is -0.353 e. The van der Waals surface area contributed by atoms with Crippen molar-refractivity contribution in [2.24, 2.45) is 0 Å². The Kier molecular flexibility index (Phi) is 3.22. The van der Waals surface area contributed by atoms with Gasteiger partial charge in [-0.1, -0.05) is 0 Å². The van der Waals surface area contributed by atoms with Crippen molar-refractivity contribution >= 4 is 5.82 Å². The maximum atomic E-state index is 9.30. The molecule has 4 rings (SSSR count). The lowest BCUT2D eigenvalue weighted by Gasteiger charge is -2.41. The summed E-state index contributed by atoms with van der Waals surface area (Å²) in [5.41, 5.74) is 2.95. The SMILES string of the molecule is Cc1ncc2c(n1)C1(CCCN(c3nccnc3C#N)C1)CC2. The molecule has 0 bridgehead atoms. The number of aromatic nitrogens is 4. The van der Waals surface area contributed by atoms with Crippen LogP contribution in [-0.2, 0) is 11.8 Å². The van der Waals surface area contributed by atoms with Crippen molar-refractivity contribution in [3.05, 3.63) is 41.4 Å². The van der Waals surface area contributed by atoms with Crippen LogP contribution < -0.4 is 4.90 Å². The molecule has 23 heavy (non-hydrogen) atoms. The average molecular weight is 306 g/mol. The largest absolute Gasteiger partial charge is 0.353 e. The van der Waals surface area contributed by atoms with Gasteiger partial charge in [-0.3, -0.25) is 0 Å². The molecule has 1 unspecified atom stereocenters. The van der Waals surface area contributed by atoms with Gasteiger partial charge in [0.25, 0.3) is 0 Å². The Hall–Kier alpha value is -2.55. The van der Waals surface area contributed by atoms with Crippen LogP contribution >= 0.6 is 0 Å². The van der Waals surface area contributed by atoms with Crippen molar-refractivity contribution in [3.8, 4) is 6.07 Å². The van der Waals surface area contributed by atoms with E-state index in [-0.39, 0.29) is 5.41 Å². The first kappa shape index (κ1) is 14.1. The normalized spacial score (nSPS) is 22.9. The van der Waals surface area contributed by atoms with E-state index in [1.54, 1.807) is 12.4 Å². The first-order valence-electron chi connectivity index (χ1n) is 8.01. The van der Waals surface area contributed by atoms with Crippen LogP contribution in [-0.4, -0.2) is 33.0 Å². The fourth-order valence-corrected chi connectivity index (χ4v) is 3.98. The topological polar surface area (TPSA) is 78.6 Å². The third-order valence-corrected chi connectivity index (χ3v) is 5.02. The highest BCUT2D eigenvalue weighted by atomic mass is 15.2. The summed E-state index contributed by atoms with van der Waals surface area (Å²) in [6, 6.07) is 2.16. The number of fused-ring (bicyclic) bond motifs is 2. The molecule has 1 aliphatic carbocycles. The Morgan fingerprint density at radius 3 is 2.96 bits per heavy atom. The Morgan fingerprint density at radius 1 is 1.22 bits per heavy atom. The zero-order valence-corrected chi connectivity index (χ0v) is 13.2. The lowest BCUT2D eigenvalue weighted by atomic mass is 9.77. The molecule has 6 nitrogen and oxygen atoms in total. The molecule has 2 aliphatic rings. The minimum atomic E-state index is 0.0610. The van der Waals surface area contributed by atoms with Gasteiger partial charge < -0.3 is 4.90 Å². The number of nitriles is 1. The zero-order valence-electron chi connectivity index (χ0n) is 13.2. The molecule has 6 heteroatoms. The van der Waals surface area contributed by atoms with E-state index in [0.29, 0.717) is 11.5 Å². The predicted molar refractivity (Wildman–Crippen MR) is 85.0 cm³/mol. The third-order valence-electron chi connectivity index (χ3n) is 5.02. The van der Waals surface area contributed by atoms with Crippen molar-refractivity contribution in [2.75, 3.05) is 18.0 Å². The van der Waals surface area contributed by atoms with Crippen LogP contribution in [0.2, 0.25) is 0 Å². The molecule has 2 aromatic heterocycles. The number of aryl methyl sites for hydroxylation is 2. The molecule has 3 heterocycles. The van der Waals surface area contributed by atoms with Gasteiger partial charge in [-0.25, -0.2) is 19.9 Å². The molecule has 1 fully saturated rings. The van der Waals surface area contributed by atoms with Gasteiger partial charge in [-0.15, -0.1) is 0 Å². The summed E-state index contributed by atoms with van der Waals surface area (Å²) in [6.07, 6.45) is 9.55. The van der Waals surface area contributed by atoms with E-state index in [1.165, 1.54) is 11.3 Å². The molecule has 0 aromatic carbocycles. The summed E-state index contributed by atoms with van der Waals surface area (Å²) < 4.78 is 0. The minimum absolute atomic E-state index is 0.0610. The monoisotopic (exact) mass is 306 g/mol. The lowest BCUT2D eigenvalue weighted by molar-refractivity contribution is 0.332. The first-order chi connectivity index (χ1) is 11.2. The molecule has 0 N–H and O–H groups in total. The number of anilines is 1. The molecule has 0 saturated carbocycles. The molecule has 2 aromatic rings. The molecule has 1 aliphatic heterocycles. The van der Waals surface area contributed by atoms with E-state index in [0.717, 1.165) is 44.6 Å². The van der Waals surface area contributed by atoms with Crippen LogP contribution in [0.3, 0.4) is 0 Å². The Balaban J connectivity index is 1.72. The maximum Gasteiger partial charge on any atom is 0.183 e. The van der Waals surface area contributed by atoms with E-state index in [2.05, 4.69) is 25.9 Å². The van der Waals surface area contributed by atoms with Crippen molar-refractivity contribution in [1.82, 2.24) is 19.9 Å². The van der Waals surface area contributed by atoms with Crippen LogP contribution in [0.25, 0.3) is 0 Å². The van der Waals surface area contributed by atoms with Gasteiger partial charge in [0.2, 0.25) is 0 Å². The highest BCUT2D eigenvalue weighted by molar-refractivity contribution is 5.51. The molecule has 0 amide bonds. The van der Waals surface area contributed by atoms with Gasteiger partial charge >= 0.3 is 0 Å². The highest BCUT2D eigenvalue weighted by Crippen LogP contribution is 2.44. The second kappa shape index (κ2) is 5.27. The average Bonchev–Trinajstić information content (AvgIpc) is 2.92. The quantitative estimate of drug-likeness (QED) is 0.801. The van der Waals surface area contributed by atoms with Crippen LogP contribution in [0.1, 0.15) is 42.0 Å². The van der Waals surface area contributed by atoms with Gasteiger partial charge in [0.1, 0.15) is 11.9 Å². The van der Waals surface area contributed by atoms with Crippen molar-refractivity contribution in [1.29, 1.82) is 5.26 Å². The summed E-state index contributed by atoms with van der Waals surface area (Å²) in [6.45, 7) is 3.71. The van der Waals surface area contributed by atoms with Crippen molar-refractivity contribution < 1.29 is 0 Å². The fraction of sp³-hybridized carbons (Fsp3) is 0.471. The van der Waals surface area contributed by atoms with E-state index in [9.17, 15) is 5.26 Å². The van der Waals surface area contributed by atoms with E-state index >= 15 is 0 Å². The summed E-state index contributed by atoms with van der Waals surface area (Å²) >= 11 is 0. The van der Waals surface area contributed by atoms with E-state index < -0.39 is 0 Å². The van der Waals surface area contributed by atoms with Gasteiger partial charge in [0.05, 0.1) is 5.69 Å². The van der Waals surface area contributed by atoms with Crippen LogP contribution in [0.15, 0.2) is 18.6 Å². The molecule has 0 radical (unpaired) electrons. The molecule has 1 saturated heterocycles. The summed E-state index contributed by atoms with van der Waals surface area (Å²) in [5, 5.41) is 9.30. The number of nitrogens with zero attached hydrogens (tertiary/aromatic N) is 6. The second-order valence-electron chi connectivity index (χ2n) is 6.44. The van der Waals surface area contributed by atoms with E-state index in [4.69, 9.17) is 4.98 Å². The summed E-state index contributed by atoms with van der Waals surface area (Å²) in [7, 11) is 0. The van der Waals surface area contributed by atoms with E-state index in [1.807, 2.05) is 13.1 Å². The first-order valence-corrected chi connectivity index (χ1v) is 8.01. The maximum absolute atomic E-state index is 9.30. The number of rotatable bonds is 1. The molecule has 116 valence electrons. The third kappa shape index (κ3) is 2.24. The summed E-state index contributed by atoms with van der Waals surface area (Å²) in [4.78, 5) is 19.9. The van der Waals surface area contributed by atoms with Gasteiger partial charge in [0.15, 0.2) is 11.5 Å². The number of hydrogen-bond donors (Lipinski definition) is 0. The van der Waals surface area contributed by atoms with Crippen molar-refractivity contribution in [3.63, 3.8) is 0 Å². The summed E-state index contributed by atoms with van der Waals surface area (Å²) in [5.74, 6) is 1.53. The Morgan fingerprint density at radius 2 is 2.09 bits per heavy atom. The van der Waals surface area contributed by atoms with Crippen molar-refractivity contribution in [2.45, 2.75) is 38.0 Å². The van der Waals surface area contributed by atoms with Crippen LogP contribution in [0.4, 0.5) is 5.82 Å². The Bertz CT molecular complexity index is 792. The molecular formula is C17H18N6. The van der Waals surface area contributed by atoms with Gasteiger partial charge in [-0.05, 0) is 38.2 Å². The molecule has 1 spiro atoms. The predicted octanol–water partition coefficient (Wildman–Crippen LogP) is 1.93. The standard InChI is InChI=1S/C17H18N6/c1-12-21-10-13-3-5-17(15(13)22-12)4-2-8-23(11-17)16-14(9-18)19-6-7-20-16/h6-7,10H,2-5,8,11H2,1H3. The fourth-order valence-electron chi connectivity index (χ4n) is 3.98. The molecular weight excluding hydrogens is 288 g/mol. The second-order valence-corrected chi connectivity index (χ2v) is 6.44. The number of hydrogen-bond acceptors (Lipinski definition) is 6. The van der Waals surface area contributed by atoms with Crippen LogP contribution in [0, 0.1) is 18.3 Å². The zero-order chi connectivity index (χ0) is 15.9. The smallest absolute Gasteiger partial charge is 0.183 e. The van der Waals surface area contributed by atoms with Crippen LogP contribution in [0.5, 0.6) is 0 Å².